The van der Waals surface area contributed by atoms with Crippen molar-refractivity contribution in [2.45, 2.75) is 6.10 Å². The molecule has 2 heterocycles. The Bertz CT molecular complexity index is 1010. The van der Waals surface area contributed by atoms with E-state index in [1.54, 1.807) is 17.7 Å². The minimum absolute atomic E-state index is 0.209. The van der Waals surface area contributed by atoms with Crippen LogP contribution in [0, 0.1) is 0 Å². The number of aromatic nitrogens is 2. The lowest BCUT2D eigenvalue weighted by Crippen LogP contribution is -2.26. The van der Waals surface area contributed by atoms with Crippen molar-refractivity contribution in [3.63, 3.8) is 0 Å². The molecule has 1 unspecified atom stereocenters. The van der Waals surface area contributed by atoms with Crippen LogP contribution in [0.15, 0.2) is 72.4 Å². The lowest BCUT2D eigenvalue weighted by molar-refractivity contribution is 0.117. The summed E-state index contributed by atoms with van der Waals surface area (Å²) in [6, 6.07) is 19.6. The minimum atomic E-state index is -0.658. The van der Waals surface area contributed by atoms with Crippen LogP contribution in [0.25, 0.3) is 21.3 Å². The Kier molecular flexibility index (Phi) is 5.27. The molecule has 4 aromatic rings. The topological polar surface area (TPSA) is 67.3 Å². The number of nitrogens with one attached hydrogen (secondary N) is 1. The van der Waals surface area contributed by atoms with Crippen LogP contribution in [0.2, 0.25) is 0 Å². The quantitative estimate of drug-likeness (QED) is 0.505. The number of aliphatic hydroxyl groups excluding tert-OH is 1. The Balaban J connectivity index is 1.48. The van der Waals surface area contributed by atoms with Gasteiger partial charge in [0.25, 0.3) is 0 Å². The Morgan fingerprint density at radius 1 is 1.00 bits per heavy atom. The largest absolute Gasteiger partial charge is 0.491 e. The van der Waals surface area contributed by atoms with Crippen molar-refractivity contribution in [3.8, 4) is 16.9 Å². The molecule has 4 rings (SSSR count). The highest BCUT2D eigenvalue weighted by Gasteiger charge is 2.14. The summed E-state index contributed by atoms with van der Waals surface area (Å²) >= 11 is 1.59. The molecule has 0 aliphatic heterocycles. The minimum Gasteiger partial charge on any atom is -0.491 e. The molecule has 0 spiro atoms. The van der Waals surface area contributed by atoms with Gasteiger partial charge in [0.2, 0.25) is 0 Å². The van der Waals surface area contributed by atoms with Crippen LogP contribution in [-0.4, -0.2) is 34.3 Å². The number of benzene rings is 2. The highest BCUT2D eigenvalue weighted by atomic mass is 32.1. The maximum Gasteiger partial charge on any atom is 0.138 e. The van der Waals surface area contributed by atoms with Crippen LogP contribution >= 0.6 is 11.3 Å². The number of hydrogen-bond donors (Lipinski definition) is 2. The van der Waals surface area contributed by atoms with Crippen LogP contribution < -0.4 is 10.1 Å². The molecule has 2 N–H and O–H groups in total. The van der Waals surface area contributed by atoms with E-state index in [2.05, 4.69) is 32.8 Å². The zero-order chi connectivity index (χ0) is 18.5. The van der Waals surface area contributed by atoms with Gasteiger partial charge >= 0.3 is 0 Å². The molecule has 0 bridgehead atoms. The molecular formula is C21H19N3O2S. The fourth-order valence-electron chi connectivity index (χ4n) is 2.82. The number of rotatable bonds is 7. The van der Waals surface area contributed by atoms with Crippen molar-refractivity contribution in [1.82, 2.24) is 9.97 Å². The van der Waals surface area contributed by atoms with Crippen LogP contribution in [0.3, 0.4) is 0 Å². The molecule has 0 saturated carbocycles. The number of aliphatic hydroxyl groups is 1. The van der Waals surface area contributed by atoms with Gasteiger partial charge in [-0.25, -0.2) is 9.97 Å². The zero-order valence-corrected chi connectivity index (χ0v) is 15.4. The van der Waals surface area contributed by atoms with E-state index in [-0.39, 0.29) is 6.61 Å². The van der Waals surface area contributed by atoms with Crippen molar-refractivity contribution in [2.75, 3.05) is 18.5 Å². The van der Waals surface area contributed by atoms with E-state index in [1.807, 2.05) is 48.5 Å². The number of para-hydroxylation sites is 1. The third-order valence-corrected chi connectivity index (χ3v) is 5.03. The molecule has 5 nitrogen and oxygen atoms in total. The standard InChI is InChI=1S/C21H19N3O2S/c25-16(12-26-17-9-5-2-6-10-17)11-22-20-19-18(15-7-3-1-4-8-15)13-27-21(19)24-14-23-20/h1-10,13-14,16,25H,11-12H2,(H,22,23,24). The predicted octanol–water partition coefficient (Wildman–Crippen LogP) is 4.21. The summed E-state index contributed by atoms with van der Waals surface area (Å²) in [5.41, 5.74) is 2.21. The Labute approximate surface area is 161 Å². The SMILES string of the molecule is OC(CNc1ncnc2scc(-c3ccccc3)c12)COc1ccccc1. The van der Waals surface area contributed by atoms with Crippen molar-refractivity contribution in [3.05, 3.63) is 72.4 Å². The summed E-state index contributed by atoms with van der Waals surface area (Å²) < 4.78 is 5.60. The van der Waals surface area contributed by atoms with E-state index in [1.165, 1.54) is 0 Å². The molecule has 0 radical (unpaired) electrons. The van der Waals surface area contributed by atoms with Crippen LogP contribution in [-0.2, 0) is 0 Å². The number of hydrogen-bond acceptors (Lipinski definition) is 6. The van der Waals surface area contributed by atoms with Crippen molar-refractivity contribution in [1.29, 1.82) is 0 Å². The van der Waals surface area contributed by atoms with E-state index in [4.69, 9.17) is 4.74 Å². The van der Waals surface area contributed by atoms with E-state index in [9.17, 15) is 5.11 Å². The van der Waals surface area contributed by atoms with Gasteiger partial charge in [-0.05, 0) is 17.7 Å². The van der Waals surface area contributed by atoms with Crippen molar-refractivity contribution in [2.24, 2.45) is 0 Å². The van der Waals surface area contributed by atoms with Crippen molar-refractivity contribution >= 4 is 27.4 Å². The number of anilines is 1. The second-order valence-corrected chi connectivity index (χ2v) is 6.93. The molecule has 27 heavy (non-hydrogen) atoms. The van der Waals surface area contributed by atoms with E-state index < -0.39 is 6.10 Å². The van der Waals surface area contributed by atoms with Gasteiger partial charge in [0.15, 0.2) is 0 Å². The normalized spacial score (nSPS) is 12.0. The van der Waals surface area contributed by atoms with E-state index in [0.717, 1.165) is 32.9 Å². The smallest absolute Gasteiger partial charge is 0.138 e. The van der Waals surface area contributed by atoms with E-state index >= 15 is 0 Å². The molecule has 0 saturated heterocycles. The van der Waals surface area contributed by atoms with Gasteiger partial charge in [0, 0.05) is 17.5 Å². The fraction of sp³-hybridized carbons (Fsp3) is 0.143. The van der Waals surface area contributed by atoms with E-state index in [0.29, 0.717) is 6.54 Å². The number of nitrogens with zero attached hydrogens (tertiary/aromatic N) is 2. The third-order valence-electron chi connectivity index (χ3n) is 4.15. The van der Waals surface area contributed by atoms with Gasteiger partial charge < -0.3 is 15.2 Å². The van der Waals surface area contributed by atoms with Crippen LogP contribution in [0.4, 0.5) is 5.82 Å². The number of ether oxygens (including phenoxy) is 1. The summed E-state index contributed by atoms with van der Waals surface area (Å²) in [6.07, 6.45) is 0.886. The van der Waals surface area contributed by atoms with Gasteiger partial charge in [-0.3, -0.25) is 0 Å². The Morgan fingerprint density at radius 3 is 2.52 bits per heavy atom. The van der Waals surface area contributed by atoms with Gasteiger partial charge in [0.1, 0.15) is 35.4 Å². The number of fused-ring (bicyclic) bond motifs is 1. The summed E-state index contributed by atoms with van der Waals surface area (Å²) in [5, 5.41) is 16.6. The molecule has 0 aliphatic carbocycles. The van der Waals surface area contributed by atoms with Gasteiger partial charge in [-0.2, -0.15) is 0 Å². The highest BCUT2D eigenvalue weighted by Crippen LogP contribution is 2.36. The first kappa shape index (κ1) is 17.5. The first-order chi connectivity index (χ1) is 13.3. The van der Waals surface area contributed by atoms with Gasteiger partial charge in [-0.15, -0.1) is 11.3 Å². The second kappa shape index (κ2) is 8.16. The lowest BCUT2D eigenvalue weighted by Gasteiger charge is -2.14. The van der Waals surface area contributed by atoms with Crippen molar-refractivity contribution < 1.29 is 9.84 Å². The van der Waals surface area contributed by atoms with Gasteiger partial charge in [0.05, 0.1) is 5.39 Å². The maximum absolute atomic E-state index is 10.3. The molecule has 1 atom stereocenters. The fourth-order valence-corrected chi connectivity index (χ4v) is 3.74. The molecule has 2 aromatic heterocycles. The van der Waals surface area contributed by atoms with Crippen LogP contribution in [0.5, 0.6) is 5.75 Å². The first-order valence-corrected chi connectivity index (χ1v) is 9.56. The summed E-state index contributed by atoms with van der Waals surface area (Å²) in [5.74, 6) is 1.46. The average molecular weight is 377 g/mol. The molecule has 6 heteroatoms. The molecule has 136 valence electrons. The monoisotopic (exact) mass is 377 g/mol. The molecule has 0 fully saturated rings. The summed E-state index contributed by atoms with van der Waals surface area (Å²) in [6.45, 7) is 0.545. The Morgan fingerprint density at radius 2 is 1.74 bits per heavy atom. The molecule has 0 amide bonds. The van der Waals surface area contributed by atoms with Crippen LogP contribution in [0.1, 0.15) is 0 Å². The Hall–Kier alpha value is -2.96. The lowest BCUT2D eigenvalue weighted by atomic mass is 10.1. The predicted molar refractivity (Wildman–Crippen MR) is 109 cm³/mol. The summed E-state index contributed by atoms with van der Waals surface area (Å²) in [4.78, 5) is 9.68. The zero-order valence-electron chi connectivity index (χ0n) is 14.6. The van der Waals surface area contributed by atoms with Gasteiger partial charge in [-0.1, -0.05) is 48.5 Å². The third kappa shape index (κ3) is 4.07. The first-order valence-electron chi connectivity index (χ1n) is 8.68. The highest BCUT2D eigenvalue weighted by molar-refractivity contribution is 7.17. The molecule has 0 aliphatic rings. The number of thiophene rings is 1. The second-order valence-electron chi connectivity index (χ2n) is 6.08. The molecular weight excluding hydrogens is 358 g/mol. The average Bonchev–Trinajstić information content (AvgIpc) is 3.17. The summed E-state index contributed by atoms with van der Waals surface area (Å²) in [7, 11) is 0. The maximum atomic E-state index is 10.3. The molecule has 2 aromatic carbocycles.